The standard InChI is InChI=1S/C13H16F3N5O/c1-8-9(7-20(3)17-8)6-19(2)12(22)10-5-11(13(14,15)16)21(4)18-10/h5,7H,6H2,1-4H3. The van der Waals surface area contributed by atoms with Crippen LogP contribution in [-0.4, -0.2) is 37.4 Å². The van der Waals surface area contributed by atoms with Crippen molar-refractivity contribution in [3.05, 3.63) is 34.9 Å². The van der Waals surface area contributed by atoms with Crippen molar-refractivity contribution < 1.29 is 18.0 Å². The summed E-state index contributed by atoms with van der Waals surface area (Å²) < 4.78 is 40.5. The number of carbonyl (C=O) groups excluding carboxylic acids is 1. The van der Waals surface area contributed by atoms with Gasteiger partial charge in [0.15, 0.2) is 5.69 Å². The molecule has 0 N–H and O–H groups in total. The molecule has 0 aliphatic carbocycles. The number of amides is 1. The van der Waals surface area contributed by atoms with Gasteiger partial charge in [-0.3, -0.25) is 14.2 Å². The summed E-state index contributed by atoms with van der Waals surface area (Å²) in [7, 11) is 4.42. The smallest absolute Gasteiger partial charge is 0.336 e. The molecule has 1 amide bonds. The fourth-order valence-electron chi connectivity index (χ4n) is 2.16. The van der Waals surface area contributed by atoms with Crippen LogP contribution in [0.15, 0.2) is 12.3 Å². The van der Waals surface area contributed by atoms with Gasteiger partial charge in [-0.25, -0.2) is 0 Å². The predicted molar refractivity (Wildman–Crippen MR) is 72.0 cm³/mol. The molecule has 0 bridgehead atoms. The zero-order chi connectivity index (χ0) is 16.7. The van der Waals surface area contributed by atoms with E-state index in [0.29, 0.717) is 4.68 Å². The van der Waals surface area contributed by atoms with Gasteiger partial charge >= 0.3 is 6.18 Å². The number of halogens is 3. The zero-order valence-corrected chi connectivity index (χ0v) is 12.6. The quantitative estimate of drug-likeness (QED) is 0.867. The molecule has 120 valence electrons. The Kier molecular flexibility index (Phi) is 3.99. The molecular weight excluding hydrogens is 299 g/mol. The first kappa shape index (κ1) is 16.1. The zero-order valence-electron chi connectivity index (χ0n) is 12.6. The Bertz CT molecular complexity index is 701. The van der Waals surface area contributed by atoms with Crippen molar-refractivity contribution in [3.8, 4) is 0 Å². The first-order valence-corrected chi connectivity index (χ1v) is 6.45. The van der Waals surface area contributed by atoms with E-state index in [1.54, 1.807) is 24.9 Å². The van der Waals surface area contributed by atoms with Crippen LogP contribution in [0.3, 0.4) is 0 Å². The van der Waals surface area contributed by atoms with Gasteiger partial charge in [0.2, 0.25) is 0 Å². The van der Waals surface area contributed by atoms with Gasteiger partial charge in [-0.15, -0.1) is 0 Å². The number of rotatable bonds is 3. The van der Waals surface area contributed by atoms with Gasteiger partial charge in [0.1, 0.15) is 5.69 Å². The molecule has 0 fully saturated rings. The Morgan fingerprint density at radius 3 is 2.41 bits per heavy atom. The Hall–Kier alpha value is -2.32. The lowest BCUT2D eigenvalue weighted by molar-refractivity contribution is -0.143. The second-order valence-electron chi connectivity index (χ2n) is 5.11. The summed E-state index contributed by atoms with van der Waals surface area (Å²) >= 11 is 0. The predicted octanol–water partition coefficient (Wildman–Crippen LogP) is 1.75. The lowest BCUT2D eigenvalue weighted by atomic mass is 10.2. The second-order valence-corrected chi connectivity index (χ2v) is 5.11. The second kappa shape index (κ2) is 5.47. The van der Waals surface area contributed by atoms with Gasteiger partial charge in [-0.1, -0.05) is 0 Å². The first-order valence-electron chi connectivity index (χ1n) is 6.45. The lowest BCUT2D eigenvalue weighted by Gasteiger charge is -2.15. The van der Waals surface area contributed by atoms with Crippen LogP contribution in [0.5, 0.6) is 0 Å². The maximum absolute atomic E-state index is 12.7. The highest BCUT2D eigenvalue weighted by molar-refractivity contribution is 5.92. The van der Waals surface area contributed by atoms with E-state index in [4.69, 9.17) is 0 Å². The average molecular weight is 315 g/mol. The summed E-state index contributed by atoms with van der Waals surface area (Å²) in [4.78, 5) is 13.5. The molecule has 0 aliphatic rings. The first-order chi connectivity index (χ1) is 10.1. The molecular formula is C13H16F3N5O. The summed E-state index contributed by atoms with van der Waals surface area (Å²) in [5.74, 6) is -0.575. The van der Waals surface area contributed by atoms with Crippen LogP contribution < -0.4 is 0 Å². The third-order valence-corrected chi connectivity index (χ3v) is 3.26. The van der Waals surface area contributed by atoms with Crippen molar-refractivity contribution >= 4 is 5.91 Å². The highest BCUT2D eigenvalue weighted by atomic mass is 19.4. The SMILES string of the molecule is Cc1nn(C)cc1CN(C)C(=O)c1cc(C(F)(F)F)n(C)n1. The third-order valence-electron chi connectivity index (χ3n) is 3.26. The summed E-state index contributed by atoms with van der Waals surface area (Å²) in [6, 6.07) is 0.759. The lowest BCUT2D eigenvalue weighted by Crippen LogP contribution is -2.26. The third kappa shape index (κ3) is 3.12. The van der Waals surface area contributed by atoms with Gasteiger partial charge in [0.05, 0.1) is 5.69 Å². The molecule has 0 atom stereocenters. The highest BCUT2D eigenvalue weighted by Crippen LogP contribution is 2.29. The van der Waals surface area contributed by atoms with E-state index < -0.39 is 17.8 Å². The van der Waals surface area contributed by atoms with Gasteiger partial charge < -0.3 is 4.90 Å². The minimum absolute atomic E-state index is 0.237. The molecule has 2 heterocycles. The fraction of sp³-hybridized carbons (Fsp3) is 0.462. The number of nitrogens with zero attached hydrogens (tertiary/aromatic N) is 5. The maximum Gasteiger partial charge on any atom is 0.433 e. The fourth-order valence-corrected chi connectivity index (χ4v) is 2.16. The van der Waals surface area contributed by atoms with Crippen molar-refractivity contribution in [1.82, 2.24) is 24.5 Å². The monoisotopic (exact) mass is 315 g/mol. The molecule has 2 aromatic heterocycles. The molecule has 22 heavy (non-hydrogen) atoms. The number of carbonyl (C=O) groups is 1. The Morgan fingerprint density at radius 2 is 1.95 bits per heavy atom. The van der Waals surface area contributed by atoms with Crippen LogP contribution in [0, 0.1) is 6.92 Å². The summed E-state index contributed by atoms with van der Waals surface area (Å²) in [6.07, 6.45) is -2.78. The number of hydrogen-bond donors (Lipinski definition) is 0. The maximum atomic E-state index is 12.7. The van der Waals surface area contributed by atoms with Crippen LogP contribution in [0.25, 0.3) is 0 Å². The molecule has 0 spiro atoms. The minimum Gasteiger partial charge on any atom is -0.336 e. The summed E-state index contributed by atoms with van der Waals surface area (Å²) in [6.45, 7) is 2.05. The van der Waals surface area contributed by atoms with Crippen molar-refractivity contribution in [2.75, 3.05) is 7.05 Å². The van der Waals surface area contributed by atoms with E-state index in [2.05, 4.69) is 10.2 Å². The van der Waals surface area contributed by atoms with Crippen LogP contribution in [0.2, 0.25) is 0 Å². The Labute approximate surface area is 125 Å². The Morgan fingerprint density at radius 1 is 1.32 bits per heavy atom. The molecule has 0 saturated carbocycles. The van der Waals surface area contributed by atoms with Crippen molar-refractivity contribution in [2.45, 2.75) is 19.6 Å². The minimum atomic E-state index is -4.54. The molecule has 0 radical (unpaired) electrons. The van der Waals surface area contributed by atoms with Crippen LogP contribution >= 0.6 is 0 Å². The Balaban J connectivity index is 2.19. The molecule has 0 aromatic carbocycles. The van der Waals surface area contributed by atoms with Crippen LogP contribution in [0.1, 0.15) is 27.4 Å². The summed E-state index contributed by atoms with van der Waals surface area (Å²) in [5, 5.41) is 7.81. The number of alkyl halides is 3. The van der Waals surface area contributed by atoms with Crippen molar-refractivity contribution in [3.63, 3.8) is 0 Å². The number of aryl methyl sites for hydroxylation is 3. The topological polar surface area (TPSA) is 56.0 Å². The van der Waals surface area contributed by atoms with Gasteiger partial charge in [0, 0.05) is 45.5 Å². The van der Waals surface area contributed by atoms with E-state index in [0.717, 1.165) is 24.4 Å². The number of aromatic nitrogens is 4. The summed E-state index contributed by atoms with van der Waals surface area (Å²) in [5.41, 5.74) is 0.394. The van der Waals surface area contributed by atoms with E-state index in [9.17, 15) is 18.0 Å². The molecule has 6 nitrogen and oxygen atoms in total. The van der Waals surface area contributed by atoms with Crippen molar-refractivity contribution in [1.29, 1.82) is 0 Å². The largest absolute Gasteiger partial charge is 0.433 e. The van der Waals surface area contributed by atoms with E-state index in [-0.39, 0.29) is 12.2 Å². The van der Waals surface area contributed by atoms with E-state index >= 15 is 0 Å². The van der Waals surface area contributed by atoms with Crippen molar-refractivity contribution in [2.24, 2.45) is 14.1 Å². The van der Waals surface area contributed by atoms with Crippen LogP contribution in [-0.2, 0) is 26.8 Å². The molecule has 2 aromatic rings. The van der Waals surface area contributed by atoms with E-state index in [1.165, 1.54) is 11.9 Å². The molecule has 0 saturated heterocycles. The van der Waals surface area contributed by atoms with Gasteiger partial charge in [-0.2, -0.15) is 23.4 Å². The van der Waals surface area contributed by atoms with Gasteiger partial charge in [-0.05, 0) is 6.92 Å². The van der Waals surface area contributed by atoms with Gasteiger partial charge in [0.25, 0.3) is 5.91 Å². The number of hydrogen-bond acceptors (Lipinski definition) is 3. The van der Waals surface area contributed by atoms with E-state index in [1.807, 2.05) is 0 Å². The molecule has 0 unspecified atom stereocenters. The molecule has 9 heteroatoms. The average Bonchev–Trinajstić information content (AvgIpc) is 2.91. The van der Waals surface area contributed by atoms with Crippen LogP contribution in [0.4, 0.5) is 13.2 Å². The molecule has 2 rings (SSSR count). The highest BCUT2D eigenvalue weighted by Gasteiger charge is 2.36. The normalized spacial score (nSPS) is 11.8. The molecule has 0 aliphatic heterocycles.